The predicted molar refractivity (Wildman–Crippen MR) is 60.3 cm³/mol. The monoisotopic (exact) mass is 291 g/mol. The fourth-order valence-corrected chi connectivity index (χ4v) is 1.91. The quantitative estimate of drug-likeness (QED) is 0.830. The lowest BCUT2D eigenvalue weighted by molar-refractivity contribution is 0.0980. The number of rotatable bonds is 4. The lowest BCUT2D eigenvalue weighted by Gasteiger charge is -2.10. The van der Waals surface area contributed by atoms with Gasteiger partial charge in [0.25, 0.3) is 0 Å². The van der Waals surface area contributed by atoms with Crippen LogP contribution in [-0.4, -0.2) is 24.5 Å². The first-order valence-electron chi connectivity index (χ1n) is 4.51. The highest BCUT2D eigenvalue weighted by molar-refractivity contribution is 9.10. The summed E-state index contributed by atoms with van der Waals surface area (Å²) in [7, 11) is 1.21. The number of aromatic hydroxyl groups is 1. The average Bonchev–Trinajstić information content (AvgIpc) is 2.17. The van der Waals surface area contributed by atoms with Gasteiger partial charge in [-0.05, 0) is 28.5 Å². The van der Waals surface area contributed by atoms with E-state index in [9.17, 15) is 14.3 Å². The van der Waals surface area contributed by atoms with E-state index in [-0.39, 0.29) is 34.5 Å². The number of hydrogen-bond acceptors (Lipinski definition) is 4. The molecule has 4 nitrogen and oxygen atoms in total. The largest absolute Gasteiger partial charge is 0.504 e. The number of halogens is 2. The Balaban J connectivity index is 3.33. The zero-order valence-electron chi connectivity index (χ0n) is 8.59. The molecule has 0 fully saturated rings. The molecule has 0 aliphatic heterocycles. The molecule has 0 amide bonds. The van der Waals surface area contributed by atoms with Crippen molar-refractivity contribution in [3.05, 3.63) is 21.9 Å². The molecule has 6 heteroatoms. The van der Waals surface area contributed by atoms with Gasteiger partial charge >= 0.3 is 0 Å². The summed E-state index contributed by atoms with van der Waals surface area (Å²) in [6.45, 7) is 0.133. The first-order chi connectivity index (χ1) is 7.52. The van der Waals surface area contributed by atoms with Crippen LogP contribution in [-0.2, 0) is 0 Å². The zero-order chi connectivity index (χ0) is 12.3. The molecule has 0 unspecified atom stereocenters. The maximum atomic E-state index is 13.8. The molecule has 1 aromatic carbocycles. The number of nitrogens with two attached hydrogens (primary N) is 1. The Morgan fingerprint density at radius 2 is 2.31 bits per heavy atom. The molecule has 0 spiro atoms. The van der Waals surface area contributed by atoms with Crippen molar-refractivity contribution in [3.8, 4) is 11.5 Å². The Bertz CT molecular complexity index is 423. The zero-order valence-corrected chi connectivity index (χ0v) is 10.2. The highest BCUT2D eigenvalue weighted by atomic mass is 79.9. The average molecular weight is 292 g/mol. The maximum Gasteiger partial charge on any atom is 0.197 e. The minimum Gasteiger partial charge on any atom is -0.504 e. The van der Waals surface area contributed by atoms with Crippen LogP contribution >= 0.6 is 15.9 Å². The highest BCUT2D eigenvalue weighted by Gasteiger charge is 2.22. The minimum atomic E-state index is -0.882. The lowest BCUT2D eigenvalue weighted by atomic mass is 10.1. The second-order valence-corrected chi connectivity index (χ2v) is 3.92. The van der Waals surface area contributed by atoms with Crippen molar-refractivity contribution >= 4 is 21.7 Å². The van der Waals surface area contributed by atoms with Crippen molar-refractivity contribution in [2.24, 2.45) is 5.73 Å². The van der Waals surface area contributed by atoms with Gasteiger partial charge in [-0.1, -0.05) is 0 Å². The molecule has 0 heterocycles. The normalized spacial score (nSPS) is 10.2. The van der Waals surface area contributed by atoms with E-state index >= 15 is 0 Å². The van der Waals surface area contributed by atoms with E-state index in [2.05, 4.69) is 20.7 Å². The number of methoxy groups -OCH3 is 1. The molecule has 0 aromatic heterocycles. The molecule has 3 N–H and O–H groups in total. The van der Waals surface area contributed by atoms with E-state index in [4.69, 9.17) is 5.73 Å². The molecule has 16 heavy (non-hydrogen) atoms. The third-order valence-electron chi connectivity index (χ3n) is 2.01. The smallest absolute Gasteiger partial charge is 0.197 e. The van der Waals surface area contributed by atoms with Crippen molar-refractivity contribution in [3.63, 3.8) is 0 Å². The first-order valence-corrected chi connectivity index (χ1v) is 5.30. The first kappa shape index (κ1) is 12.9. The predicted octanol–water partition coefficient (Wildman–Crippen LogP) is 1.83. The summed E-state index contributed by atoms with van der Waals surface area (Å²) in [6, 6.07) is 1.21. The van der Waals surface area contributed by atoms with Crippen LogP contribution in [0.15, 0.2) is 10.5 Å². The van der Waals surface area contributed by atoms with Crippen LogP contribution in [0.3, 0.4) is 0 Å². The Morgan fingerprint density at radius 3 is 2.81 bits per heavy atom. The van der Waals surface area contributed by atoms with Crippen molar-refractivity contribution < 1.29 is 19.0 Å². The summed E-state index contributed by atoms with van der Waals surface area (Å²) in [4.78, 5) is 11.6. The molecular formula is C10H11BrFNO3. The maximum absolute atomic E-state index is 13.8. The summed E-state index contributed by atoms with van der Waals surface area (Å²) < 4.78 is 18.6. The number of Topliss-reactive ketones (excluding diaryl/α,β-unsaturated/α-hetero) is 1. The van der Waals surface area contributed by atoms with E-state index in [1.54, 1.807) is 0 Å². The fraction of sp³-hybridized carbons (Fsp3) is 0.300. The summed E-state index contributed by atoms with van der Waals surface area (Å²) >= 11 is 3.01. The van der Waals surface area contributed by atoms with Crippen LogP contribution < -0.4 is 10.5 Å². The molecule has 0 aliphatic carbocycles. The molecule has 0 aliphatic rings. The third-order valence-corrected chi connectivity index (χ3v) is 2.63. The molecule has 0 radical (unpaired) electrons. The lowest BCUT2D eigenvalue weighted by Crippen LogP contribution is -2.11. The number of hydrogen-bond donors (Lipinski definition) is 2. The van der Waals surface area contributed by atoms with Gasteiger partial charge in [-0.2, -0.15) is 0 Å². The van der Waals surface area contributed by atoms with Gasteiger partial charge in [0.15, 0.2) is 23.1 Å². The van der Waals surface area contributed by atoms with Crippen LogP contribution in [0.2, 0.25) is 0 Å². The van der Waals surface area contributed by atoms with Gasteiger partial charge in [0.2, 0.25) is 0 Å². The molecule has 1 rings (SSSR count). The van der Waals surface area contributed by atoms with Gasteiger partial charge in [0, 0.05) is 10.9 Å². The number of phenols is 1. The summed E-state index contributed by atoms with van der Waals surface area (Å²) in [5.74, 6) is -2.03. The van der Waals surface area contributed by atoms with E-state index in [0.717, 1.165) is 0 Å². The summed E-state index contributed by atoms with van der Waals surface area (Å²) in [6.07, 6.45) is 0.0312. The highest BCUT2D eigenvalue weighted by Crippen LogP contribution is 2.36. The van der Waals surface area contributed by atoms with Crippen LogP contribution in [0.1, 0.15) is 16.8 Å². The molecule has 0 atom stereocenters. The van der Waals surface area contributed by atoms with Crippen molar-refractivity contribution in [1.29, 1.82) is 0 Å². The third kappa shape index (κ3) is 2.33. The number of benzene rings is 1. The molecule has 0 saturated carbocycles. The van der Waals surface area contributed by atoms with Gasteiger partial charge in [-0.15, -0.1) is 0 Å². The van der Waals surface area contributed by atoms with E-state index in [0.29, 0.717) is 0 Å². The Labute approximate surface area is 100 Å². The van der Waals surface area contributed by atoms with Crippen molar-refractivity contribution in [1.82, 2.24) is 0 Å². The van der Waals surface area contributed by atoms with Crippen LogP contribution in [0.25, 0.3) is 0 Å². The second kappa shape index (κ2) is 5.27. The summed E-state index contributed by atoms with van der Waals surface area (Å²) in [5.41, 5.74) is 5.08. The molecule has 0 saturated heterocycles. The number of phenolic OH excluding ortho intramolecular Hbond substituents is 1. The Morgan fingerprint density at radius 1 is 1.69 bits per heavy atom. The van der Waals surface area contributed by atoms with Gasteiger partial charge in [0.05, 0.1) is 12.7 Å². The number of carbonyl (C=O) groups excluding carboxylic acids is 1. The van der Waals surface area contributed by atoms with E-state index in [1.807, 2.05) is 0 Å². The number of ether oxygens (including phenoxy) is 1. The van der Waals surface area contributed by atoms with Crippen LogP contribution in [0.4, 0.5) is 4.39 Å². The Hall–Kier alpha value is -1.14. The summed E-state index contributed by atoms with van der Waals surface area (Å²) in [5, 5.41) is 9.38. The molecular weight excluding hydrogens is 281 g/mol. The SMILES string of the molecule is COc1c(O)cc(Br)c(C(=O)CCN)c1F. The second-order valence-electron chi connectivity index (χ2n) is 3.06. The molecule has 88 valence electrons. The van der Waals surface area contributed by atoms with Crippen molar-refractivity contribution in [2.75, 3.05) is 13.7 Å². The van der Waals surface area contributed by atoms with Crippen LogP contribution in [0.5, 0.6) is 11.5 Å². The van der Waals surface area contributed by atoms with Crippen molar-refractivity contribution in [2.45, 2.75) is 6.42 Å². The van der Waals surface area contributed by atoms with Gasteiger partial charge in [-0.3, -0.25) is 4.79 Å². The molecule has 1 aromatic rings. The fourth-order valence-electron chi connectivity index (χ4n) is 1.29. The van der Waals surface area contributed by atoms with Gasteiger partial charge in [0.1, 0.15) is 0 Å². The minimum absolute atomic E-state index is 0.0312. The standard InChI is InChI=1S/C10H11BrFNO3/c1-16-10-7(15)4-5(11)8(9(10)12)6(14)2-3-13/h4,15H,2-3,13H2,1H3. The Kier molecular flexibility index (Phi) is 4.26. The van der Waals surface area contributed by atoms with E-state index < -0.39 is 11.6 Å². The molecule has 0 bridgehead atoms. The van der Waals surface area contributed by atoms with Gasteiger partial charge in [-0.25, -0.2) is 4.39 Å². The number of carbonyl (C=O) groups is 1. The van der Waals surface area contributed by atoms with Gasteiger partial charge < -0.3 is 15.6 Å². The van der Waals surface area contributed by atoms with Crippen LogP contribution in [0, 0.1) is 5.82 Å². The van der Waals surface area contributed by atoms with E-state index in [1.165, 1.54) is 13.2 Å². The topological polar surface area (TPSA) is 72.5 Å². The number of ketones is 1.